The first-order valence-corrected chi connectivity index (χ1v) is 6.48. The van der Waals surface area contributed by atoms with Crippen molar-refractivity contribution < 1.29 is 4.74 Å². The minimum atomic E-state index is -0.433. The summed E-state index contributed by atoms with van der Waals surface area (Å²) >= 11 is 1.62. The minimum absolute atomic E-state index is 0.433. The molecule has 1 heterocycles. The van der Waals surface area contributed by atoms with E-state index in [-0.39, 0.29) is 0 Å². The maximum atomic E-state index is 6.55. The van der Waals surface area contributed by atoms with Gasteiger partial charge in [0, 0.05) is 11.6 Å². The molecular formula is C13H14N2OS. The Morgan fingerprint density at radius 1 is 1.47 bits per heavy atom. The topological polar surface area (TPSA) is 48.1 Å². The zero-order chi connectivity index (χ0) is 11.9. The van der Waals surface area contributed by atoms with Crippen LogP contribution in [-0.4, -0.2) is 12.1 Å². The third kappa shape index (κ3) is 1.56. The van der Waals surface area contributed by atoms with Gasteiger partial charge in [-0.3, -0.25) is 0 Å². The second kappa shape index (κ2) is 3.82. The fourth-order valence-corrected chi connectivity index (χ4v) is 3.24. The fourth-order valence-electron chi connectivity index (χ4n) is 2.45. The van der Waals surface area contributed by atoms with E-state index < -0.39 is 5.54 Å². The number of hydrogen-bond donors (Lipinski definition) is 1. The number of methoxy groups -OCH3 is 1. The summed E-state index contributed by atoms with van der Waals surface area (Å²) in [6.07, 6.45) is 3.74. The number of nitrogens with zero attached hydrogens (tertiary/aromatic N) is 1. The van der Waals surface area contributed by atoms with Crippen LogP contribution in [0.1, 0.15) is 22.6 Å². The Kier molecular flexibility index (Phi) is 2.42. The van der Waals surface area contributed by atoms with Crippen LogP contribution in [-0.2, 0) is 12.0 Å². The van der Waals surface area contributed by atoms with E-state index in [2.05, 4.69) is 11.1 Å². The molecule has 0 radical (unpaired) electrons. The Labute approximate surface area is 104 Å². The monoisotopic (exact) mass is 246 g/mol. The Morgan fingerprint density at radius 3 is 3.06 bits per heavy atom. The SMILES string of the molecule is COc1ccc2c(c1)C(N)(c1nccs1)CC2. The lowest BCUT2D eigenvalue weighted by atomic mass is 9.93. The Morgan fingerprint density at radius 2 is 2.35 bits per heavy atom. The molecule has 0 saturated heterocycles. The van der Waals surface area contributed by atoms with E-state index in [9.17, 15) is 0 Å². The van der Waals surface area contributed by atoms with Crippen molar-refractivity contribution in [3.8, 4) is 5.75 Å². The number of ether oxygens (including phenoxy) is 1. The summed E-state index contributed by atoms with van der Waals surface area (Å²) in [6.45, 7) is 0. The zero-order valence-electron chi connectivity index (χ0n) is 9.64. The van der Waals surface area contributed by atoms with Crippen LogP contribution in [0.4, 0.5) is 0 Å². The van der Waals surface area contributed by atoms with Gasteiger partial charge in [-0.05, 0) is 36.1 Å². The summed E-state index contributed by atoms with van der Waals surface area (Å²) in [5.74, 6) is 0.858. The average Bonchev–Trinajstić information content (AvgIpc) is 2.98. The van der Waals surface area contributed by atoms with E-state index in [1.165, 1.54) is 5.56 Å². The highest BCUT2D eigenvalue weighted by atomic mass is 32.1. The number of rotatable bonds is 2. The first-order chi connectivity index (χ1) is 8.24. The van der Waals surface area contributed by atoms with E-state index in [4.69, 9.17) is 10.5 Å². The van der Waals surface area contributed by atoms with Gasteiger partial charge >= 0.3 is 0 Å². The quantitative estimate of drug-likeness (QED) is 0.884. The number of fused-ring (bicyclic) bond motifs is 1. The number of hydrogen-bond acceptors (Lipinski definition) is 4. The van der Waals surface area contributed by atoms with E-state index in [1.807, 2.05) is 23.7 Å². The first kappa shape index (κ1) is 10.7. The molecule has 0 aliphatic heterocycles. The smallest absolute Gasteiger partial charge is 0.119 e. The van der Waals surface area contributed by atoms with Crippen LogP contribution in [0.15, 0.2) is 29.8 Å². The van der Waals surface area contributed by atoms with Crippen LogP contribution in [0, 0.1) is 0 Å². The molecule has 2 aromatic rings. The first-order valence-electron chi connectivity index (χ1n) is 5.60. The molecular weight excluding hydrogens is 232 g/mol. The molecule has 3 rings (SSSR count). The van der Waals surface area contributed by atoms with Crippen LogP contribution in [0.5, 0.6) is 5.75 Å². The second-order valence-electron chi connectivity index (χ2n) is 4.33. The molecule has 4 heteroatoms. The molecule has 1 aromatic heterocycles. The summed E-state index contributed by atoms with van der Waals surface area (Å²) in [7, 11) is 1.68. The maximum Gasteiger partial charge on any atom is 0.119 e. The highest BCUT2D eigenvalue weighted by molar-refractivity contribution is 7.09. The molecule has 0 amide bonds. The van der Waals surface area contributed by atoms with Gasteiger partial charge in [0.2, 0.25) is 0 Å². The lowest BCUT2D eigenvalue weighted by molar-refractivity contribution is 0.413. The number of thiazole rings is 1. The lowest BCUT2D eigenvalue weighted by Crippen LogP contribution is -2.35. The van der Waals surface area contributed by atoms with E-state index in [1.54, 1.807) is 18.4 Å². The molecule has 0 saturated carbocycles. The summed E-state index contributed by atoms with van der Waals surface area (Å²) in [4.78, 5) is 4.38. The maximum absolute atomic E-state index is 6.55. The average molecular weight is 246 g/mol. The molecule has 1 aliphatic carbocycles. The van der Waals surface area contributed by atoms with Crippen molar-refractivity contribution in [3.05, 3.63) is 45.9 Å². The van der Waals surface area contributed by atoms with Gasteiger partial charge < -0.3 is 10.5 Å². The molecule has 0 spiro atoms. The molecule has 1 atom stereocenters. The third-order valence-corrected chi connectivity index (χ3v) is 4.35. The van der Waals surface area contributed by atoms with Gasteiger partial charge in [-0.2, -0.15) is 0 Å². The van der Waals surface area contributed by atoms with Crippen molar-refractivity contribution >= 4 is 11.3 Å². The van der Waals surface area contributed by atoms with Gasteiger partial charge in [0.1, 0.15) is 10.8 Å². The normalized spacial score (nSPS) is 22.5. The van der Waals surface area contributed by atoms with Crippen LogP contribution in [0.25, 0.3) is 0 Å². The largest absolute Gasteiger partial charge is 0.497 e. The van der Waals surface area contributed by atoms with Crippen molar-refractivity contribution in [2.45, 2.75) is 18.4 Å². The highest BCUT2D eigenvalue weighted by Crippen LogP contribution is 2.42. The van der Waals surface area contributed by atoms with Gasteiger partial charge in [-0.1, -0.05) is 6.07 Å². The standard InChI is InChI=1S/C13H14N2OS/c1-16-10-3-2-9-4-5-13(14,11(9)8-10)12-15-6-7-17-12/h2-3,6-8H,4-5,14H2,1H3. The summed E-state index contributed by atoms with van der Waals surface area (Å²) in [5, 5.41) is 2.96. The predicted molar refractivity (Wildman–Crippen MR) is 68.4 cm³/mol. The number of benzene rings is 1. The molecule has 88 valence electrons. The van der Waals surface area contributed by atoms with Crippen LogP contribution in [0.3, 0.4) is 0 Å². The van der Waals surface area contributed by atoms with Crippen molar-refractivity contribution in [2.24, 2.45) is 5.73 Å². The molecule has 1 unspecified atom stereocenters. The predicted octanol–water partition coefficient (Wildman–Crippen LogP) is 2.30. The number of nitrogens with two attached hydrogens (primary N) is 1. The van der Waals surface area contributed by atoms with Crippen LogP contribution < -0.4 is 10.5 Å². The van der Waals surface area contributed by atoms with Gasteiger partial charge in [-0.15, -0.1) is 11.3 Å². The van der Waals surface area contributed by atoms with Crippen molar-refractivity contribution in [1.29, 1.82) is 0 Å². The third-order valence-electron chi connectivity index (χ3n) is 3.40. The van der Waals surface area contributed by atoms with Gasteiger partial charge in [0.05, 0.1) is 12.6 Å². The van der Waals surface area contributed by atoms with Crippen LogP contribution >= 0.6 is 11.3 Å². The van der Waals surface area contributed by atoms with E-state index in [0.717, 1.165) is 29.2 Å². The number of aromatic nitrogens is 1. The molecule has 1 aromatic carbocycles. The molecule has 2 N–H and O–H groups in total. The Balaban J connectivity index is 2.14. The molecule has 0 bridgehead atoms. The second-order valence-corrected chi connectivity index (χ2v) is 5.23. The van der Waals surface area contributed by atoms with Crippen molar-refractivity contribution in [1.82, 2.24) is 4.98 Å². The van der Waals surface area contributed by atoms with Gasteiger partial charge in [0.15, 0.2) is 0 Å². The van der Waals surface area contributed by atoms with Crippen molar-refractivity contribution in [2.75, 3.05) is 7.11 Å². The summed E-state index contributed by atoms with van der Waals surface area (Å²) in [6, 6.07) is 6.15. The molecule has 3 nitrogen and oxygen atoms in total. The molecule has 0 fully saturated rings. The molecule has 17 heavy (non-hydrogen) atoms. The highest BCUT2D eigenvalue weighted by Gasteiger charge is 2.38. The lowest BCUT2D eigenvalue weighted by Gasteiger charge is -2.23. The Bertz CT molecular complexity index is 538. The summed E-state index contributed by atoms with van der Waals surface area (Å²) < 4.78 is 5.28. The number of aryl methyl sites for hydroxylation is 1. The van der Waals surface area contributed by atoms with E-state index >= 15 is 0 Å². The van der Waals surface area contributed by atoms with Gasteiger partial charge in [-0.25, -0.2) is 4.98 Å². The summed E-state index contributed by atoms with van der Waals surface area (Å²) in [5.41, 5.74) is 8.59. The molecule has 1 aliphatic rings. The minimum Gasteiger partial charge on any atom is -0.497 e. The zero-order valence-corrected chi connectivity index (χ0v) is 10.5. The van der Waals surface area contributed by atoms with E-state index in [0.29, 0.717) is 0 Å². The Hall–Kier alpha value is -1.39. The fraction of sp³-hybridized carbons (Fsp3) is 0.308. The van der Waals surface area contributed by atoms with Crippen molar-refractivity contribution in [3.63, 3.8) is 0 Å². The van der Waals surface area contributed by atoms with Gasteiger partial charge in [0.25, 0.3) is 0 Å². The van der Waals surface area contributed by atoms with Crippen LogP contribution in [0.2, 0.25) is 0 Å².